The molecule has 0 spiro atoms. The van der Waals surface area contributed by atoms with Gasteiger partial charge in [-0.25, -0.2) is 4.79 Å². The van der Waals surface area contributed by atoms with E-state index in [-0.39, 0.29) is 12.2 Å². The van der Waals surface area contributed by atoms with Crippen molar-refractivity contribution in [1.82, 2.24) is 9.78 Å². The zero-order valence-corrected chi connectivity index (χ0v) is 7.23. The Morgan fingerprint density at radius 2 is 2.62 bits per heavy atom. The van der Waals surface area contributed by atoms with Crippen molar-refractivity contribution < 1.29 is 9.53 Å². The summed E-state index contributed by atoms with van der Waals surface area (Å²) in [6, 6.07) is 3.44. The molecule has 0 fully saturated rings. The van der Waals surface area contributed by atoms with Gasteiger partial charge >= 0.3 is 5.97 Å². The fourth-order valence-corrected chi connectivity index (χ4v) is 0.836. The molecule has 1 aromatic heterocycles. The van der Waals surface area contributed by atoms with Crippen LogP contribution in [0.25, 0.3) is 0 Å². The minimum Gasteiger partial charge on any atom is -0.461 e. The second kappa shape index (κ2) is 4.26. The third-order valence-corrected chi connectivity index (χ3v) is 1.36. The van der Waals surface area contributed by atoms with Crippen molar-refractivity contribution in [3.8, 4) is 6.07 Å². The van der Waals surface area contributed by atoms with Gasteiger partial charge in [-0.1, -0.05) is 0 Å². The number of hydrogen-bond acceptors (Lipinski definition) is 4. The van der Waals surface area contributed by atoms with Crippen molar-refractivity contribution in [2.45, 2.75) is 13.5 Å². The van der Waals surface area contributed by atoms with E-state index in [0.717, 1.165) is 0 Å². The van der Waals surface area contributed by atoms with Gasteiger partial charge in [0, 0.05) is 6.20 Å². The first-order chi connectivity index (χ1) is 6.27. The van der Waals surface area contributed by atoms with E-state index in [0.29, 0.717) is 6.61 Å². The lowest BCUT2D eigenvalue weighted by Crippen LogP contribution is -2.06. The van der Waals surface area contributed by atoms with E-state index in [1.165, 1.54) is 10.7 Å². The molecule has 5 nitrogen and oxygen atoms in total. The number of aromatic nitrogens is 2. The summed E-state index contributed by atoms with van der Waals surface area (Å²) < 4.78 is 6.10. The summed E-state index contributed by atoms with van der Waals surface area (Å²) in [5.74, 6) is -0.459. The van der Waals surface area contributed by atoms with Gasteiger partial charge in [0.25, 0.3) is 0 Å². The number of nitrogens with zero attached hydrogens (tertiary/aromatic N) is 3. The number of carbonyl (C=O) groups excluding carboxylic acids is 1. The molecule has 13 heavy (non-hydrogen) atoms. The molecule has 1 aromatic rings. The topological polar surface area (TPSA) is 67.9 Å². The molecule has 0 aromatic carbocycles. The van der Waals surface area contributed by atoms with Gasteiger partial charge in [0.15, 0.2) is 5.69 Å². The molecule has 0 saturated carbocycles. The molecule has 0 aliphatic carbocycles. The van der Waals surface area contributed by atoms with Crippen LogP contribution in [0.15, 0.2) is 12.3 Å². The normalized spacial score (nSPS) is 9.23. The zero-order valence-electron chi connectivity index (χ0n) is 7.23. The second-order valence-electron chi connectivity index (χ2n) is 2.28. The molecule has 0 saturated heterocycles. The van der Waals surface area contributed by atoms with Gasteiger partial charge in [0.2, 0.25) is 0 Å². The Hall–Kier alpha value is -1.83. The molecule has 5 heteroatoms. The van der Waals surface area contributed by atoms with Gasteiger partial charge in [0.05, 0.1) is 12.7 Å². The average Bonchev–Trinajstić information content (AvgIpc) is 2.54. The van der Waals surface area contributed by atoms with Crippen LogP contribution in [0.4, 0.5) is 0 Å². The highest BCUT2D eigenvalue weighted by molar-refractivity contribution is 5.86. The van der Waals surface area contributed by atoms with Crippen LogP contribution in [0.1, 0.15) is 17.4 Å². The van der Waals surface area contributed by atoms with E-state index in [4.69, 9.17) is 10.00 Å². The molecule has 0 unspecified atom stereocenters. The third-order valence-electron chi connectivity index (χ3n) is 1.36. The van der Waals surface area contributed by atoms with E-state index in [9.17, 15) is 4.79 Å². The quantitative estimate of drug-likeness (QED) is 0.636. The van der Waals surface area contributed by atoms with E-state index in [1.807, 2.05) is 6.07 Å². The molecule has 0 atom stereocenters. The molecule has 0 aliphatic heterocycles. The third kappa shape index (κ3) is 2.30. The van der Waals surface area contributed by atoms with E-state index in [1.54, 1.807) is 13.1 Å². The number of hydrogen-bond donors (Lipinski definition) is 0. The maximum absolute atomic E-state index is 11.1. The fraction of sp³-hybridized carbons (Fsp3) is 0.375. The maximum Gasteiger partial charge on any atom is 0.358 e. The van der Waals surface area contributed by atoms with Crippen molar-refractivity contribution in [2.24, 2.45) is 0 Å². The van der Waals surface area contributed by atoms with Gasteiger partial charge in [-0.05, 0) is 13.0 Å². The maximum atomic E-state index is 11.1. The largest absolute Gasteiger partial charge is 0.461 e. The summed E-state index contributed by atoms with van der Waals surface area (Å²) in [4.78, 5) is 11.1. The van der Waals surface area contributed by atoms with Crippen LogP contribution < -0.4 is 0 Å². The van der Waals surface area contributed by atoms with Crippen molar-refractivity contribution in [3.05, 3.63) is 18.0 Å². The number of ether oxygens (including phenoxy) is 1. The molecule has 0 amide bonds. The molecule has 0 radical (unpaired) electrons. The Morgan fingerprint density at radius 3 is 3.23 bits per heavy atom. The van der Waals surface area contributed by atoms with Crippen molar-refractivity contribution >= 4 is 5.97 Å². The standard InChI is InChI=1S/C8H9N3O2/c1-2-13-8(12)7-3-5-11(10-7)6-4-9/h3,5H,2,6H2,1H3. The Bertz CT molecular complexity index is 337. The van der Waals surface area contributed by atoms with Crippen molar-refractivity contribution in [2.75, 3.05) is 6.61 Å². The smallest absolute Gasteiger partial charge is 0.358 e. The van der Waals surface area contributed by atoms with E-state index < -0.39 is 5.97 Å². The highest BCUT2D eigenvalue weighted by Gasteiger charge is 2.09. The highest BCUT2D eigenvalue weighted by Crippen LogP contribution is 1.97. The lowest BCUT2D eigenvalue weighted by atomic mass is 10.4. The highest BCUT2D eigenvalue weighted by atomic mass is 16.5. The Labute approximate surface area is 75.5 Å². The molecular weight excluding hydrogens is 170 g/mol. The van der Waals surface area contributed by atoms with Crippen LogP contribution in [-0.2, 0) is 11.3 Å². The SMILES string of the molecule is CCOC(=O)c1ccn(CC#N)n1. The Kier molecular flexibility index (Phi) is 3.03. The van der Waals surface area contributed by atoms with Crippen LogP contribution in [0.5, 0.6) is 0 Å². The predicted octanol–water partition coefficient (Wildman–Crippen LogP) is 0.583. The minimum absolute atomic E-state index is 0.138. The number of nitriles is 1. The van der Waals surface area contributed by atoms with Gasteiger partial charge in [-0.3, -0.25) is 4.68 Å². The fourth-order valence-electron chi connectivity index (χ4n) is 0.836. The summed E-state index contributed by atoms with van der Waals surface area (Å²) in [7, 11) is 0. The van der Waals surface area contributed by atoms with Crippen molar-refractivity contribution in [3.63, 3.8) is 0 Å². The molecule has 1 heterocycles. The van der Waals surface area contributed by atoms with Crippen LogP contribution >= 0.6 is 0 Å². The monoisotopic (exact) mass is 179 g/mol. The number of carbonyl (C=O) groups is 1. The summed E-state index contributed by atoms with van der Waals surface area (Å²) in [6.45, 7) is 2.19. The second-order valence-corrected chi connectivity index (χ2v) is 2.28. The van der Waals surface area contributed by atoms with Crippen LogP contribution in [0, 0.1) is 11.3 Å². The Morgan fingerprint density at radius 1 is 1.85 bits per heavy atom. The van der Waals surface area contributed by atoms with Crippen LogP contribution in [-0.4, -0.2) is 22.4 Å². The van der Waals surface area contributed by atoms with Gasteiger partial charge < -0.3 is 4.74 Å². The Balaban J connectivity index is 2.69. The first kappa shape index (κ1) is 9.26. The van der Waals surface area contributed by atoms with Gasteiger partial charge in [-0.2, -0.15) is 10.4 Å². The lowest BCUT2D eigenvalue weighted by Gasteiger charge is -1.96. The van der Waals surface area contributed by atoms with Gasteiger partial charge in [-0.15, -0.1) is 0 Å². The van der Waals surface area contributed by atoms with Gasteiger partial charge in [0.1, 0.15) is 6.54 Å². The predicted molar refractivity (Wildman–Crippen MR) is 43.8 cm³/mol. The first-order valence-corrected chi connectivity index (χ1v) is 3.85. The lowest BCUT2D eigenvalue weighted by molar-refractivity contribution is 0.0518. The molecule has 0 N–H and O–H groups in total. The van der Waals surface area contributed by atoms with E-state index >= 15 is 0 Å². The molecule has 1 rings (SSSR count). The number of rotatable bonds is 3. The molecule has 0 aliphatic rings. The summed E-state index contributed by atoms with van der Waals surface area (Å²) in [6.07, 6.45) is 1.56. The minimum atomic E-state index is -0.459. The summed E-state index contributed by atoms with van der Waals surface area (Å²) in [5.41, 5.74) is 0.233. The van der Waals surface area contributed by atoms with Crippen LogP contribution in [0.2, 0.25) is 0 Å². The summed E-state index contributed by atoms with van der Waals surface area (Å²) >= 11 is 0. The number of esters is 1. The summed E-state index contributed by atoms with van der Waals surface area (Å²) in [5, 5.41) is 12.2. The zero-order chi connectivity index (χ0) is 9.68. The first-order valence-electron chi connectivity index (χ1n) is 3.85. The van der Waals surface area contributed by atoms with E-state index in [2.05, 4.69) is 5.10 Å². The molecule has 0 bridgehead atoms. The average molecular weight is 179 g/mol. The molecular formula is C8H9N3O2. The molecule has 68 valence electrons. The van der Waals surface area contributed by atoms with Crippen molar-refractivity contribution in [1.29, 1.82) is 5.26 Å². The van der Waals surface area contributed by atoms with Crippen LogP contribution in [0.3, 0.4) is 0 Å².